The molecule has 0 fully saturated rings. The van der Waals surface area contributed by atoms with Gasteiger partial charge in [-0.05, 0) is 59.0 Å². The van der Waals surface area contributed by atoms with E-state index in [1.54, 1.807) is 0 Å². The van der Waals surface area contributed by atoms with Crippen molar-refractivity contribution in [3.05, 3.63) is 32.8 Å². The minimum atomic E-state index is 0.801. The summed E-state index contributed by atoms with van der Waals surface area (Å²) in [5.41, 5.74) is 3.25. The Kier molecular flexibility index (Phi) is 5.28. The monoisotopic (exact) mass is 354 g/mol. The Labute approximate surface area is 134 Å². The fourth-order valence-electron chi connectivity index (χ4n) is 2.29. The first-order chi connectivity index (χ1) is 9.58. The molecule has 0 saturated heterocycles. The second-order valence-electron chi connectivity index (χ2n) is 5.06. The molecule has 1 N–H and O–H groups in total. The van der Waals surface area contributed by atoms with Crippen molar-refractivity contribution < 1.29 is 0 Å². The van der Waals surface area contributed by atoms with Gasteiger partial charge in [0.1, 0.15) is 5.82 Å². The highest BCUT2D eigenvalue weighted by Crippen LogP contribution is 2.34. The summed E-state index contributed by atoms with van der Waals surface area (Å²) in [4.78, 5) is 4.79. The number of nitrogens with one attached hydrogen (secondary N) is 1. The summed E-state index contributed by atoms with van der Waals surface area (Å²) in [6, 6.07) is 4.21. The number of rotatable bonds is 5. The standard InChI is InChI=1S/C16H20BrClN2/c1-4-6-11-9-12-14(18)10(3)8-13(17)15(12)20-16(11)19-7-5-2/h8-9H,4-7H2,1-3H3,(H,19,20). The van der Waals surface area contributed by atoms with E-state index >= 15 is 0 Å². The highest BCUT2D eigenvalue weighted by atomic mass is 79.9. The van der Waals surface area contributed by atoms with Crippen molar-refractivity contribution in [1.82, 2.24) is 4.98 Å². The van der Waals surface area contributed by atoms with E-state index in [9.17, 15) is 0 Å². The third kappa shape index (κ3) is 3.09. The Balaban J connectivity index is 2.64. The van der Waals surface area contributed by atoms with Crippen molar-refractivity contribution >= 4 is 44.3 Å². The second-order valence-corrected chi connectivity index (χ2v) is 6.29. The van der Waals surface area contributed by atoms with Gasteiger partial charge in [0, 0.05) is 16.4 Å². The molecule has 0 aliphatic heterocycles. The molecule has 108 valence electrons. The minimum absolute atomic E-state index is 0.801. The lowest BCUT2D eigenvalue weighted by atomic mass is 10.1. The molecule has 0 amide bonds. The number of aryl methyl sites for hydroxylation is 2. The predicted molar refractivity (Wildman–Crippen MR) is 92.0 cm³/mol. The summed E-state index contributed by atoms with van der Waals surface area (Å²) in [5.74, 6) is 0.988. The largest absolute Gasteiger partial charge is 0.370 e. The lowest BCUT2D eigenvalue weighted by Gasteiger charge is -2.14. The van der Waals surface area contributed by atoms with Crippen LogP contribution in [0.3, 0.4) is 0 Å². The maximum atomic E-state index is 6.45. The van der Waals surface area contributed by atoms with Crippen LogP contribution in [0.5, 0.6) is 0 Å². The molecule has 2 rings (SSSR count). The van der Waals surface area contributed by atoms with Crippen molar-refractivity contribution in [3.63, 3.8) is 0 Å². The predicted octanol–water partition coefficient (Wildman–Crippen LogP) is 5.73. The SMILES string of the molecule is CCCNc1nc2c(Br)cc(C)c(Cl)c2cc1CCC. The van der Waals surface area contributed by atoms with Crippen LogP contribution in [0.15, 0.2) is 16.6 Å². The molecule has 20 heavy (non-hydrogen) atoms. The fourth-order valence-corrected chi connectivity index (χ4v) is 3.14. The first-order valence-corrected chi connectivity index (χ1v) is 8.27. The van der Waals surface area contributed by atoms with Gasteiger partial charge in [-0.15, -0.1) is 0 Å². The Hall–Kier alpha value is -0.800. The number of aromatic nitrogens is 1. The van der Waals surface area contributed by atoms with Crippen LogP contribution >= 0.6 is 27.5 Å². The summed E-state index contributed by atoms with van der Waals surface area (Å²) in [6.07, 6.45) is 3.19. The van der Waals surface area contributed by atoms with Gasteiger partial charge >= 0.3 is 0 Å². The van der Waals surface area contributed by atoms with Gasteiger partial charge < -0.3 is 5.32 Å². The van der Waals surface area contributed by atoms with Crippen molar-refractivity contribution in [3.8, 4) is 0 Å². The molecule has 2 nitrogen and oxygen atoms in total. The molecule has 4 heteroatoms. The van der Waals surface area contributed by atoms with E-state index in [1.807, 2.05) is 13.0 Å². The molecule has 0 aliphatic rings. The van der Waals surface area contributed by atoms with E-state index < -0.39 is 0 Å². The summed E-state index contributed by atoms with van der Waals surface area (Å²) < 4.78 is 0.997. The summed E-state index contributed by atoms with van der Waals surface area (Å²) >= 11 is 10.0. The van der Waals surface area contributed by atoms with E-state index in [1.165, 1.54) is 5.56 Å². The normalized spacial score (nSPS) is 11.1. The third-order valence-electron chi connectivity index (χ3n) is 3.32. The van der Waals surface area contributed by atoms with Gasteiger partial charge in [-0.3, -0.25) is 0 Å². The van der Waals surface area contributed by atoms with Gasteiger partial charge in [0.25, 0.3) is 0 Å². The number of pyridine rings is 1. The molecule has 0 spiro atoms. The van der Waals surface area contributed by atoms with Crippen LogP contribution < -0.4 is 5.32 Å². The van der Waals surface area contributed by atoms with Gasteiger partial charge in [0.05, 0.1) is 10.5 Å². The molecule has 1 heterocycles. The molecule has 0 bridgehead atoms. The molecule has 0 unspecified atom stereocenters. The number of hydrogen-bond acceptors (Lipinski definition) is 2. The zero-order valence-corrected chi connectivity index (χ0v) is 14.5. The first kappa shape index (κ1) is 15.6. The van der Waals surface area contributed by atoms with E-state index in [0.717, 1.165) is 57.6 Å². The van der Waals surface area contributed by atoms with Gasteiger partial charge in [-0.25, -0.2) is 4.98 Å². The van der Waals surface area contributed by atoms with Crippen molar-refractivity contribution in [2.24, 2.45) is 0 Å². The highest BCUT2D eigenvalue weighted by molar-refractivity contribution is 9.10. The van der Waals surface area contributed by atoms with Crippen LogP contribution in [0.2, 0.25) is 5.02 Å². The average molecular weight is 356 g/mol. The number of hydrogen-bond donors (Lipinski definition) is 1. The molecule has 1 aromatic heterocycles. The van der Waals surface area contributed by atoms with E-state index in [0.29, 0.717) is 0 Å². The number of halogens is 2. The lowest BCUT2D eigenvalue weighted by molar-refractivity contribution is 0.906. The number of benzene rings is 1. The summed E-state index contributed by atoms with van der Waals surface area (Å²) in [6.45, 7) is 7.30. The molecular formula is C16H20BrClN2. The molecule has 0 atom stereocenters. The van der Waals surface area contributed by atoms with E-state index in [4.69, 9.17) is 16.6 Å². The second kappa shape index (κ2) is 6.77. The van der Waals surface area contributed by atoms with Crippen molar-refractivity contribution in [1.29, 1.82) is 0 Å². The number of fused-ring (bicyclic) bond motifs is 1. The molecule has 0 aliphatic carbocycles. The zero-order chi connectivity index (χ0) is 14.7. The van der Waals surface area contributed by atoms with Crippen LogP contribution in [-0.4, -0.2) is 11.5 Å². The topological polar surface area (TPSA) is 24.9 Å². The van der Waals surface area contributed by atoms with Crippen molar-refractivity contribution in [2.75, 3.05) is 11.9 Å². The van der Waals surface area contributed by atoms with E-state index in [-0.39, 0.29) is 0 Å². The van der Waals surface area contributed by atoms with Gasteiger partial charge in [-0.2, -0.15) is 0 Å². The lowest BCUT2D eigenvalue weighted by Crippen LogP contribution is -2.06. The summed E-state index contributed by atoms with van der Waals surface area (Å²) in [7, 11) is 0. The molecule has 1 aromatic carbocycles. The zero-order valence-electron chi connectivity index (χ0n) is 12.2. The fraction of sp³-hybridized carbons (Fsp3) is 0.438. The van der Waals surface area contributed by atoms with Crippen LogP contribution in [0.25, 0.3) is 10.9 Å². The Morgan fingerprint density at radius 2 is 2.00 bits per heavy atom. The van der Waals surface area contributed by atoms with Crippen molar-refractivity contribution in [2.45, 2.75) is 40.0 Å². The van der Waals surface area contributed by atoms with E-state index in [2.05, 4.69) is 41.2 Å². The summed E-state index contributed by atoms with van der Waals surface area (Å²) in [5, 5.41) is 5.26. The maximum Gasteiger partial charge on any atom is 0.129 e. The Bertz CT molecular complexity index is 626. The third-order valence-corrected chi connectivity index (χ3v) is 4.42. The smallest absolute Gasteiger partial charge is 0.129 e. The average Bonchev–Trinajstić information content (AvgIpc) is 2.43. The molecular weight excluding hydrogens is 336 g/mol. The molecule has 0 radical (unpaired) electrons. The highest BCUT2D eigenvalue weighted by Gasteiger charge is 2.12. The van der Waals surface area contributed by atoms with Gasteiger partial charge in [0.15, 0.2) is 0 Å². The van der Waals surface area contributed by atoms with Gasteiger partial charge in [-0.1, -0.05) is 31.9 Å². The molecule has 2 aromatic rings. The number of anilines is 1. The molecule has 0 saturated carbocycles. The first-order valence-electron chi connectivity index (χ1n) is 7.10. The van der Waals surface area contributed by atoms with Crippen LogP contribution in [0.4, 0.5) is 5.82 Å². The van der Waals surface area contributed by atoms with Crippen LogP contribution in [-0.2, 0) is 6.42 Å². The Morgan fingerprint density at radius 3 is 2.65 bits per heavy atom. The van der Waals surface area contributed by atoms with Crippen LogP contribution in [0.1, 0.15) is 37.8 Å². The number of nitrogens with zero attached hydrogens (tertiary/aromatic N) is 1. The van der Waals surface area contributed by atoms with Gasteiger partial charge in [0.2, 0.25) is 0 Å². The minimum Gasteiger partial charge on any atom is -0.370 e. The quantitative estimate of drug-likeness (QED) is 0.740. The van der Waals surface area contributed by atoms with Crippen LogP contribution in [0, 0.1) is 6.92 Å². The Morgan fingerprint density at radius 1 is 1.25 bits per heavy atom. The maximum absolute atomic E-state index is 6.45.